The highest BCUT2D eigenvalue weighted by molar-refractivity contribution is 7.80. The molecule has 0 fully saturated rings. The van der Waals surface area contributed by atoms with Gasteiger partial charge in [0.1, 0.15) is 5.82 Å². The monoisotopic (exact) mass is 173 g/mol. The molecule has 0 spiro atoms. The number of aliphatic hydroxyl groups is 1. The summed E-state index contributed by atoms with van der Waals surface area (Å²) in [5, 5.41) is 15.2. The van der Waals surface area contributed by atoms with Crippen molar-refractivity contribution >= 4 is 12.6 Å². The molecule has 1 rings (SSSR count). The van der Waals surface area contributed by atoms with Crippen LogP contribution in [0.25, 0.3) is 0 Å². The average molecular weight is 173 g/mol. The molecule has 1 unspecified atom stereocenters. The van der Waals surface area contributed by atoms with Gasteiger partial charge in [0.05, 0.1) is 5.25 Å². The maximum atomic E-state index is 8.59. The second-order valence-corrected chi connectivity index (χ2v) is 2.93. The number of nitrogens with one attached hydrogen (secondary N) is 1. The van der Waals surface area contributed by atoms with Crippen molar-refractivity contribution in [2.24, 2.45) is 0 Å². The van der Waals surface area contributed by atoms with E-state index in [0.717, 1.165) is 5.82 Å². The van der Waals surface area contributed by atoms with Crippen molar-refractivity contribution < 1.29 is 5.11 Å². The standard InChI is InChI=1S/C6H11N3OS/c1-4-7-6(9-8-4)5(11)2-3-10/h5,10-11H,2-3H2,1H3,(H,7,8,9). The van der Waals surface area contributed by atoms with E-state index in [-0.39, 0.29) is 11.9 Å². The largest absolute Gasteiger partial charge is 0.396 e. The van der Waals surface area contributed by atoms with E-state index >= 15 is 0 Å². The molecule has 2 N–H and O–H groups in total. The molecule has 0 aliphatic heterocycles. The van der Waals surface area contributed by atoms with Crippen LogP contribution in [0.1, 0.15) is 23.3 Å². The van der Waals surface area contributed by atoms with Crippen molar-refractivity contribution in [2.45, 2.75) is 18.6 Å². The maximum absolute atomic E-state index is 8.59. The first-order chi connectivity index (χ1) is 5.24. The molecule has 0 aliphatic carbocycles. The predicted molar refractivity (Wildman–Crippen MR) is 44.5 cm³/mol. The highest BCUT2D eigenvalue weighted by atomic mass is 32.1. The number of aryl methyl sites for hydroxylation is 1. The molecule has 1 heterocycles. The number of aliphatic hydroxyl groups excluding tert-OH is 1. The van der Waals surface area contributed by atoms with E-state index in [1.54, 1.807) is 0 Å². The Kier molecular flexibility index (Phi) is 2.90. The Morgan fingerprint density at radius 1 is 1.73 bits per heavy atom. The van der Waals surface area contributed by atoms with Gasteiger partial charge in [-0.25, -0.2) is 4.98 Å². The fraction of sp³-hybridized carbons (Fsp3) is 0.667. The van der Waals surface area contributed by atoms with Crippen LogP contribution in [0.3, 0.4) is 0 Å². The summed E-state index contributed by atoms with van der Waals surface area (Å²) in [4.78, 5) is 4.08. The Labute approximate surface area is 70.5 Å². The first-order valence-corrected chi connectivity index (χ1v) is 3.93. The van der Waals surface area contributed by atoms with Gasteiger partial charge in [0.25, 0.3) is 0 Å². The SMILES string of the molecule is Cc1nc(C(S)CCO)n[nH]1. The molecule has 5 heteroatoms. The second-order valence-electron chi connectivity index (χ2n) is 2.31. The van der Waals surface area contributed by atoms with Gasteiger partial charge >= 0.3 is 0 Å². The third kappa shape index (κ3) is 2.20. The molecule has 4 nitrogen and oxygen atoms in total. The number of aromatic nitrogens is 3. The molecular formula is C6H11N3OS. The molecule has 1 aromatic heterocycles. The molecule has 62 valence electrons. The number of rotatable bonds is 3. The summed E-state index contributed by atoms with van der Waals surface area (Å²) in [5.41, 5.74) is 0. The Hall–Kier alpha value is -0.550. The van der Waals surface area contributed by atoms with E-state index in [9.17, 15) is 0 Å². The first-order valence-electron chi connectivity index (χ1n) is 3.42. The molecule has 1 aromatic rings. The number of hydrogen-bond acceptors (Lipinski definition) is 4. The van der Waals surface area contributed by atoms with Crippen LogP contribution in [0.4, 0.5) is 0 Å². The molecule has 11 heavy (non-hydrogen) atoms. The lowest BCUT2D eigenvalue weighted by atomic mass is 10.3. The Morgan fingerprint density at radius 3 is 2.91 bits per heavy atom. The minimum atomic E-state index is -0.0649. The van der Waals surface area contributed by atoms with Gasteiger partial charge in [-0.05, 0) is 13.3 Å². The van der Waals surface area contributed by atoms with Crippen molar-refractivity contribution in [2.75, 3.05) is 6.61 Å². The zero-order valence-electron chi connectivity index (χ0n) is 6.28. The zero-order chi connectivity index (χ0) is 8.27. The van der Waals surface area contributed by atoms with Crippen molar-refractivity contribution in [1.82, 2.24) is 15.2 Å². The van der Waals surface area contributed by atoms with Crippen molar-refractivity contribution in [3.05, 3.63) is 11.6 Å². The van der Waals surface area contributed by atoms with Gasteiger partial charge in [0, 0.05) is 6.61 Å². The van der Waals surface area contributed by atoms with Crippen LogP contribution in [-0.4, -0.2) is 26.9 Å². The minimum absolute atomic E-state index is 0.0649. The summed E-state index contributed by atoms with van der Waals surface area (Å²) >= 11 is 4.21. The first kappa shape index (κ1) is 8.55. The molecule has 0 amide bonds. The highest BCUT2D eigenvalue weighted by Crippen LogP contribution is 2.18. The van der Waals surface area contributed by atoms with Gasteiger partial charge in [0.15, 0.2) is 5.82 Å². The van der Waals surface area contributed by atoms with Gasteiger partial charge in [-0.1, -0.05) is 0 Å². The van der Waals surface area contributed by atoms with Crippen LogP contribution in [0, 0.1) is 6.92 Å². The number of nitrogens with zero attached hydrogens (tertiary/aromatic N) is 2. The van der Waals surface area contributed by atoms with Crippen LogP contribution < -0.4 is 0 Å². The lowest BCUT2D eigenvalue weighted by Gasteiger charge is -2.01. The van der Waals surface area contributed by atoms with Crippen LogP contribution in [0.2, 0.25) is 0 Å². The van der Waals surface area contributed by atoms with Crippen LogP contribution in [0.5, 0.6) is 0 Å². The molecule has 0 aromatic carbocycles. The van der Waals surface area contributed by atoms with E-state index < -0.39 is 0 Å². The number of hydrogen-bond donors (Lipinski definition) is 3. The Morgan fingerprint density at radius 2 is 2.45 bits per heavy atom. The fourth-order valence-electron chi connectivity index (χ4n) is 0.760. The highest BCUT2D eigenvalue weighted by Gasteiger charge is 2.09. The van der Waals surface area contributed by atoms with Gasteiger partial charge < -0.3 is 5.11 Å². The summed E-state index contributed by atoms with van der Waals surface area (Å²) < 4.78 is 0. The summed E-state index contributed by atoms with van der Waals surface area (Å²) in [6.45, 7) is 1.94. The summed E-state index contributed by atoms with van der Waals surface area (Å²) in [6.07, 6.45) is 0.584. The zero-order valence-corrected chi connectivity index (χ0v) is 7.17. The van der Waals surface area contributed by atoms with Crippen molar-refractivity contribution in [3.63, 3.8) is 0 Å². The lowest BCUT2D eigenvalue weighted by molar-refractivity contribution is 0.286. The van der Waals surface area contributed by atoms with Crippen LogP contribution in [0.15, 0.2) is 0 Å². The minimum Gasteiger partial charge on any atom is -0.396 e. The Balaban J connectivity index is 2.60. The molecule has 0 saturated carbocycles. The number of H-pyrrole nitrogens is 1. The Bertz CT molecular complexity index is 225. The molecule has 0 radical (unpaired) electrons. The molecular weight excluding hydrogens is 162 g/mol. The lowest BCUT2D eigenvalue weighted by Crippen LogP contribution is -1.96. The maximum Gasteiger partial charge on any atom is 0.163 e. The predicted octanol–water partition coefficient (Wildman–Crippen LogP) is 0.466. The van der Waals surface area contributed by atoms with Gasteiger partial charge in [-0.15, -0.1) is 0 Å². The smallest absolute Gasteiger partial charge is 0.163 e. The van der Waals surface area contributed by atoms with E-state index in [1.165, 1.54) is 0 Å². The molecule has 0 bridgehead atoms. The van der Waals surface area contributed by atoms with Crippen LogP contribution in [-0.2, 0) is 0 Å². The normalized spacial score (nSPS) is 13.4. The van der Waals surface area contributed by atoms with Crippen molar-refractivity contribution in [1.29, 1.82) is 0 Å². The van der Waals surface area contributed by atoms with Gasteiger partial charge in [0.2, 0.25) is 0 Å². The van der Waals surface area contributed by atoms with Crippen LogP contribution >= 0.6 is 12.6 Å². The number of aromatic amines is 1. The fourth-order valence-corrected chi connectivity index (χ4v) is 0.991. The topological polar surface area (TPSA) is 61.8 Å². The van der Waals surface area contributed by atoms with Gasteiger partial charge in [-0.3, -0.25) is 5.10 Å². The molecule has 1 atom stereocenters. The van der Waals surface area contributed by atoms with Gasteiger partial charge in [-0.2, -0.15) is 17.7 Å². The van der Waals surface area contributed by atoms with E-state index in [1.807, 2.05) is 6.92 Å². The summed E-state index contributed by atoms with van der Waals surface area (Å²) in [6, 6.07) is 0. The number of thiol groups is 1. The molecule has 0 saturated heterocycles. The third-order valence-electron chi connectivity index (χ3n) is 1.32. The van der Waals surface area contributed by atoms with E-state index in [2.05, 4.69) is 27.8 Å². The summed E-state index contributed by atoms with van der Waals surface area (Å²) in [5.74, 6) is 1.43. The van der Waals surface area contributed by atoms with E-state index in [4.69, 9.17) is 5.11 Å². The van der Waals surface area contributed by atoms with Crippen molar-refractivity contribution in [3.8, 4) is 0 Å². The summed E-state index contributed by atoms with van der Waals surface area (Å²) in [7, 11) is 0. The molecule has 0 aliphatic rings. The quantitative estimate of drug-likeness (QED) is 0.582. The van der Waals surface area contributed by atoms with E-state index in [0.29, 0.717) is 12.2 Å². The second kappa shape index (κ2) is 3.73. The average Bonchev–Trinajstić information content (AvgIpc) is 2.36. The third-order valence-corrected chi connectivity index (χ3v) is 1.80.